The molecule has 4 nitrogen and oxygen atoms in total. The summed E-state index contributed by atoms with van der Waals surface area (Å²) in [5.41, 5.74) is 0.619. The van der Waals surface area contributed by atoms with Crippen LogP contribution in [0, 0.1) is 11.3 Å². The summed E-state index contributed by atoms with van der Waals surface area (Å²) >= 11 is 0. The minimum atomic E-state index is -1.57. The summed E-state index contributed by atoms with van der Waals surface area (Å²) in [7, 11) is -2.67. The van der Waals surface area contributed by atoms with Crippen LogP contribution in [-0.2, 0) is 0 Å². The number of hydrogen-bond donors (Lipinski definition) is 2. The fourth-order valence-electron chi connectivity index (χ4n) is 1.20. The predicted molar refractivity (Wildman–Crippen MR) is 72.9 cm³/mol. The third kappa shape index (κ3) is 3.60. The van der Waals surface area contributed by atoms with E-state index in [0.29, 0.717) is 16.8 Å². The first-order valence-electron chi connectivity index (χ1n) is 5.67. The fourth-order valence-corrected chi connectivity index (χ4v) is 2.02. The zero-order valence-electron chi connectivity index (χ0n) is 11.1. The maximum Gasteiger partial charge on any atom is 0.488 e. The Morgan fingerprint density at radius 1 is 1.33 bits per heavy atom. The summed E-state index contributed by atoms with van der Waals surface area (Å²) in [6, 6.07) is 6.63. The maximum atomic E-state index is 9.06. The first-order valence-corrected chi connectivity index (χ1v) is 7.58. The van der Waals surface area contributed by atoms with Crippen molar-refractivity contribution in [2.24, 2.45) is 0 Å². The number of rotatable bonds is 3. The van der Waals surface area contributed by atoms with Gasteiger partial charge in [0.2, 0.25) is 0 Å². The maximum absolute atomic E-state index is 9.06. The topological polar surface area (TPSA) is 73.5 Å². The molecule has 0 aliphatic carbocycles. The Morgan fingerprint density at radius 2 is 1.94 bits per heavy atom. The van der Waals surface area contributed by atoms with Gasteiger partial charge in [-0.2, -0.15) is 5.26 Å². The van der Waals surface area contributed by atoms with E-state index in [0.717, 1.165) is 0 Å². The highest BCUT2D eigenvalue weighted by molar-refractivity contribution is 6.58. The van der Waals surface area contributed by atoms with Crippen LogP contribution < -0.4 is 9.89 Å². The fraction of sp³-hybridized carbons (Fsp3) is 0.417. The van der Waals surface area contributed by atoms with Crippen LogP contribution in [0.1, 0.15) is 26.3 Å². The molecule has 0 unspecified atom stereocenters. The van der Waals surface area contributed by atoms with E-state index in [1.807, 2.05) is 12.6 Å². The van der Waals surface area contributed by atoms with Gasteiger partial charge in [0, 0.05) is 0 Å². The van der Waals surface area contributed by atoms with Crippen molar-refractivity contribution in [1.82, 2.24) is 0 Å². The summed E-state index contributed by atoms with van der Waals surface area (Å²) in [6.45, 7) is 8.33. The van der Waals surface area contributed by atoms with Gasteiger partial charge in [-0.05, 0) is 29.2 Å². The molecule has 0 amide bonds. The van der Waals surface area contributed by atoms with Crippen molar-refractivity contribution in [2.45, 2.75) is 32.4 Å². The molecule has 0 bridgehead atoms. The summed E-state index contributed by atoms with van der Waals surface area (Å²) < 4.78 is 5.85. The summed E-state index contributed by atoms with van der Waals surface area (Å²) in [4.78, 5) is 0. The second kappa shape index (κ2) is 5.57. The lowest BCUT2D eigenvalue weighted by Crippen LogP contribution is -2.31. The van der Waals surface area contributed by atoms with E-state index in [4.69, 9.17) is 19.7 Å². The third-order valence-corrected chi connectivity index (χ3v) is 5.38. The van der Waals surface area contributed by atoms with Gasteiger partial charge < -0.3 is 14.5 Å². The van der Waals surface area contributed by atoms with Gasteiger partial charge in [0.25, 0.3) is 9.04 Å². The van der Waals surface area contributed by atoms with Gasteiger partial charge in [-0.3, -0.25) is 0 Å². The molecule has 0 fully saturated rings. The molecule has 0 saturated heterocycles. The Kier molecular flexibility index (Phi) is 4.57. The zero-order chi connectivity index (χ0) is 13.9. The van der Waals surface area contributed by atoms with E-state index in [-0.39, 0.29) is 5.04 Å². The Balaban J connectivity index is 3.01. The molecule has 0 spiro atoms. The van der Waals surface area contributed by atoms with E-state index in [9.17, 15) is 0 Å². The highest BCUT2D eigenvalue weighted by atomic mass is 28.3. The number of nitriles is 1. The van der Waals surface area contributed by atoms with E-state index in [2.05, 4.69) is 20.8 Å². The molecule has 95 valence electrons. The average molecular weight is 262 g/mol. The molecule has 0 aliphatic rings. The number of nitrogens with zero attached hydrogens (tertiary/aromatic N) is 1. The van der Waals surface area contributed by atoms with Crippen LogP contribution in [0.2, 0.25) is 11.6 Å². The van der Waals surface area contributed by atoms with Gasteiger partial charge in [-0.15, -0.1) is 0 Å². The molecule has 1 rings (SSSR count). The van der Waals surface area contributed by atoms with Crippen LogP contribution >= 0.6 is 0 Å². The van der Waals surface area contributed by atoms with Crippen LogP contribution in [0.15, 0.2) is 18.2 Å². The van der Waals surface area contributed by atoms with E-state index in [1.165, 1.54) is 6.07 Å². The second-order valence-electron chi connectivity index (χ2n) is 5.15. The molecule has 6 heteroatoms. The first kappa shape index (κ1) is 14.8. The van der Waals surface area contributed by atoms with E-state index in [1.54, 1.807) is 12.1 Å². The van der Waals surface area contributed by atoms with E-state index >= 15 is 0 Å². The normalized spacial score (nSPS) is 11.2. The Hall–Kier alpha value is -1.29. The molecular formula is C12H17BNO3Si. The molecule has 18 heavy (non-hydrogen) atoms. The quantitative estimate of drug-likeness (QED) is 0.798. The van der Waals surface area contributed by atoms with Crippen LogP contribution in [-0.4, -0.2) is 26.2 Å². The van der Waals surface area contributed by atoms with Gasteiger partial charge in [-0.1, -0.05) is 26.8 Å². The Labute approximate surface area is 110 Å². The smallest absolute Gasteiger partial charge is 0.488 e. The lowest BCUT2D eigenvalue weighted by atomic mass is 9.79. The van der Waals surface area contributed by atoms with Crippen LogP contribution in [0.25, 0.3) is 0 Å². The molecule has 0 atom stereocenters. The molecule has 1 radical (unpaired) electrons. The highest BCUT2D eigenvalue weighted by Gasteiger charge is 2.27. The molecule has 0 heterocycles. The molecule has 0 saturated carbocycles. The number of benzene rings is 1. The minimum Gasteiger partial charge on any atom is -0.541 e. The van der Waals surface area contributed by atoms with Crippen molar-refractivity contribution >= 4 is 21.6 Å². The lowest BCUT2D eigenvalue weighted by Gasteiger charge is -2.25. The Bertz CT molecular complexity index is 465. The van der Waals surface area contributed by atoms with Gasteiger partial charge >= 0.3 is 7.12 Å². The first-order chi connectivity index (χ1) is 8.25. The van der Waals surface area contributed by atoms with Crippen molar-refractivity contribution < 1.29 is 14.5 Å². The van der Waals surface area contributed by atoms with Crippen molar-refractivity contribution in [3.63, 3.8) is 0 Å². The third-order valence-electron chi connectivity index (χ3n) is 2.74. The van der Waals surface area contributed by atoms with Gasteiger partial charge in [-0.25, -0.2) is 0 Å². The summed E-state index contributed by atoms with van der Waals surface area (Å²) in [6.07, 6.45) is 0. The van der Waals surface area contributed by atoms with Crippen LogP contribution in [0.4, 0.5) is 0 Å². The SMILES string of the molecule is C[Si](Oc1ccc(B(O)O)cc1C#N)C(C)(C)C. The Morgan fingerprint density at radius 3 is 2.39 bits per heavy atom. The zero-order valence-corrected chi connectivity index (χ0v) is 12.1. The molecule has 1 aromatic rings. The summed E-state index contributed by atoms with van der Waals surface area (Å²) in [5, 5.41) is 27.2. The molecular weight excluding hydrogens is 245 g/mol. The van der Waals surface area contributed by atoms with Gasteiger partial charge in [0.05, 0.1) is 5.56 Å². The molecule has 2 N–H and O–H groups in total. The van der Waals surface area contributed by atoms with Gasteiger partial charge in [0.15, 0.2) is 0 Å². The van der Waals surface area contributed by atoms with Crippen LogP contribution in [0.3, 0.4) is 0 Å². The monoisotopic (exact) mass is 262 g/mol. The van der Waals surface area contributed by atoms with Gasteiger partial charge in [0.1, 0.15) is 11.8 Å². The van der Waals surface area contributed by atoms with Crippen LogP contribution in [0.5, 0.6) is 5.75 Å². The van der Waals surface area contributed by atoms with Crippen molar-refractivity contribution in [1.29, 1.82) is 5.26 Å². The van der Waals surface area contributed by atoms with Crippen molar-refractivity contribution in [2.75, 3.05) is 0 Å². The minimum absolute atomic E-state index is 0.0621. The van der Waals surface area contributed by atoms with Crippen molar-refractivity contribution in [3.8, 4) is 11.8 Å². The average Bonchev–Trinajstić information content (AvgIpc) is 2.27. The van der Waals surface area contributed by atoms with Crippen molar-refractivity contribution in [3.05, 3.63) is 23.8 Å². The number of hydrogen-bond acceptors (Lipinski definition) is 4. The largest absolute Gasteiger partial charge is 0.541 e. The summed E-state index contributed by atoms with van der Waals surface area (Å²) in [5.74, 6) is 0.508. The molecule has 0 aliphatic heterocycles. The highest BCUT2D eigenvalue weighted by Crippen LogP contribution is 2.29. The molecule has 1 aromatic carbocycles. The standard InChI is InChI=1S/C12H17BNO3Si/c1-12(2,3)18(4)17-11-6-5-10(13(15)16)7-9(11)8-14/h5-7,15-16H,1-4H3. The second-order valence-corrected chi connectivity index (χ2v) is 7.97. The molecule has 0 aromatic heterocycles. The lowest BCUT2D eigenvalue weighted by molar-refractivity contribution is 0.425. The predicted octanol–water partition coefficient (Wildman–Crippen LogP) is 1.04. The van der Waals surface area contributed by atoms with E-state index < -0.39 is 16.2 Å².